The molecule has 0 saturated heterocycles. The van der Waals surface area contributed by atoms with E-state index in [4.69, 9.17) is 0 Å². The van der Waals surface area contributed by atoms with Gasteiger partial charge < -0.3 is 15.2 Å². The Morgan fingerprint density at radius 1 is 0.861 bits per heavy atom. The summed E-state index contributed by atoms with van der Waals surface area (Å²) in [6, 6.07) is 33.2. The molecule has 36 heavy (non-hydrogen) atoms. The predicted octanol–water partition coefficient (Wildman–Crippen LogP) is 6.33. The van der Waals surface area contributed by atoms with Crippen LogP contribution in [0.25, 0.3) is 22.2 Å². The van der Waals surface area contributed by atoms with Crippen LogP contribution >= 0.6 is 0 Å². The number of aromatic nitrogens is 1. The molecule has 0 fully saturated rings. The molecule has 1 aliphatic rings. The molecule has 2 amide bonds. The van der Waals surface area contributed by atoms with Gasteiger partial charge >= 0.3 is 0 Å². The van der Waals surface area contributed by atoms with Crippen LogP contribution in [0.2, 0.25) is 0 Å². The summed E-state index contributed by atoms with van der Waals surface area (Å²) in [5.74, 6) is -0.370. The SMILES string of the molecule is Cc1ccc(NC(=O)CN2C(=O)c3ccccc3[C@H]2c2c(-c3ccccc3)[nH]c3ccccc23)cc1. The van der Waals surface area contributed by atoms with E-state index in [0.717, 1.165) is 38.9 Å². The lowest BCUT2D eigenvalue weighted by molar-refractivity contribution is -0.117. The smallest absolute Gasteiger partial charge is 0.255 e. The zero-order valence-corrected chi connectivity index (χ0v) is 19.9. The van der Waals surface area contributed by atoms with Gasteiger partial charge in [-0.3, -0.25) is 9.59 Å². The number of rotatable bonds is 5. The first-order valence-corrected chi connectivity index (χ1v) is 12.0. The fourth-order valence-corrected chi connectivity index (χ4v) is 5.12. The summed E-state index contributed by atoms with van der Waals surface area (Å²) in [4.78, 5) is 32.1. The number of carbonyl (C=O) groups excluding carboxylic acids is 2. The molecule has 0 saturated carbocycles. The molecule has 1 atom stereocenters. The van der Waals surface area contributed by atoms with Gasteiger partial charge in [-0.15, -0.1) is 0 Å². The number of amides is 2. The Bertz CT molecular complexity index is 1590. The van der Waals surface area contributed by atoms with Crippen molar-refractivity contribution >= 4 is 28.4 Å². The van der Waals surface area contributed by atoms with Gasteiger partial charge in [0.15, 0.2) is 0 Å². The van der Waals surface area contributed by atoms with Gasteiger partial charge in [0.1, 0.15) is 6.54 Å². The average Bonchev–Trinajstić information content (AvgIpc) is 3.41. The third kappa shape index (κ3) is 3.75. The van der Waals surface area contributed by atoms with Crippen LogP contribution in [0.3, 0.4) is 0 Å². The Balaban J connectivity index is 1.47. The number of hydrogen-bond donors (Lipinski definition) is 2. The van der Waals surface area contributed by atoms with Crippen molar-refractivity contribution in [3.8, 4) is 11.3 Å². The summed E-state index contributed by atoms with van der Waals surface area (Å²) in [5.41, 5.74) is 7.35. The quantitative estimate of drug-likeness (QED) is 0.315. The first kappa shape index (κ1) is 21.9. The van der Waals surface area contributed by atoms with Crippen molar-refractivity contribution in [2.75, 3.05) is 11.9 Å². The third-order valence-corrected chi connectivity index (χ3v) is 6.79. The van der Waals surface area contributed by atoms with Crippen molar-refractivity contribution in [1.29, 1.82) is 0 Å². The Hall–Kier alpha value is -4.64. The lowest BCUT2D eigenvalue weighted by Gasteiger charge is -2.26. The molecule has 2 N–H and O–H groups in total. The Labute approximate surface area is 209 Å². The molecule has 2 heterocycles. The number of anilines is 1. The number of para-hydroxylation sites is 1. The molecule has 0 bridgehead atoms. The van der Waals surface area contributed by atoms with Crippen LogP contribution in [0, 0.1) is 6.92 Å². The van der Waals surface area contributed by atoms with Crippen LogP contribution in [0.5, 0.6) is 0 Å². The summed E-state index contributed by atoms with van der Waals surface area (Å²) in [6.07, 6.45) is 0. The normalized spacial score (nSPS) is 14.8. The van der Waals surface area contributed by atoms with Crippen LogP contribution in [-0.2, 0) is 4.79 Å². The van der Waals surface area contributed by atoms with Crippen molar-refractivity contribution in [3.05, 3.63) is 125 Å². The second kappa shape index (κ2) is 8.86. The number of carbonyl (C=O) groups is 2. The van der Waals surface area contributed by atoms with Crippen molar-refractivity contribution in [2.45, 2.75) is 13.0 Å². The van der Waals surface area contributed by atoms with Gasteiger partial charge in [0.2, 0.25) is 5.91 Å². The highest BCUT2D eigenvalue weighted by molar-refractivity contribution is 6.05. The van der Waals surface area contributed by atoms with Crippen molar-refractivity contribution in [3.63, 3.8) is 0 Å². The fourth-order valence-electron chi connectivity index (χ4n) is 5.12. The molecule has 5 heteroatoms. The van der Waals surface area contributed by atoms with Crippen molar-refractivity contribution in [1.82, 2.24) is 9.88 Å². The second-order valence-electron chi connectivity index (χ2n) is 9.16. The third-order valence-electron chi connectivity index (χ3n) is 6.79. The standard InChI is InChI=1S/C31H25N3O2/c1-20-15-17-22(18-16-20)32-27(35)19-34-30(23-11-5-6-12-24(23)31(34)36)28-25-13-7-8-14-26(25)33-29(28)21-9-3-2-4-10-21/h2-18,30,33H,19H2,1H3,(H,32,35)/t30-/m0/s1. The summed E-state index contributed by atoms with van der Waals surface area (Å²) in [5, 5.41) is 3.99. The Morgan fingerprint density at radius 2 is 1.56 bits per heavy atom. The predicted molar refractivity (Wildman–Crippen MR) is 143 cm³/mol. The number of hydrogen-bond acceptors (Lipinski definition) is 2. The highest BCUT2D eigenvalue weighted by Crippen LogP contribution is 2.45. The molecule has 0 aliphatic carbocycles. The summed E-state index contributed by atoms with van der Waals surface area (Å²) in [6.45, 7) is 1.95. The van der Waals surface area contributed by atoms with Gasteiger partial charge in [-0.2, -0.15) is 0 Å². The maximum absolute atomic E-state index is 13.7. The minimum Gasteiger partial charge on any atom is -0.354 e. The van der Waals surface area contributed by atoms with E-state index in [1.54, 1.807) is 4.90 Å². The summed E-state index contributed by atoms with van der Waals surface area (Å²) in [7, 11) is 0. The van der Waals surface area contributed by atoms with Crippen LogP contribution in [0.4, 0.5) is 5.69 Å². The molecule has 5 aromatic rings. The lowest BCUT2D eigenvalue weighted by atomic mass is 9.93. The highest BCUT2D eigenvalue weighted by Gasteiger charge is 2.40. The van der Waals surface area contributed by atoms with Gasteiger partial charge in [0.05, 0.1) is 11.7 Å². The molecule has 0 radical (unpaired) electrons. The number of aryl methyl sites for hydroxylation is 1. The van der Waals surface area contributed by atoms with E-state index >= 15 is 0 Å². The lowest BCUT2D eigenvalue weighted by Crippen LogP contribution is -2.36. The first-order chi connectivity index (χ1) is 17.6. The minimum absolute atomic E-state index is 0.0558. The van der Waals surface area contributed by atoms with Gasteiger partial charge in [0, 0.05) is 27.7 Å². The molecule has 5 nitrogen and oxygen atoms in total. The van der Waals surface area contributed by atoms with Gasteiger partial charge in [-0.1, -0.05) is 84.4 Å². The topological polar surface area (TPSA) is 65.2 Å². The molecule has 0 spiro atoms. The number of aromatic amines is 1. The van der Waals surface area contributed by atoms with E-state index in [-0.39, 0.29) is 18.4 Å². The zero-order chi connectivity index (χ0) is 24.6. The number of H-pyrrole nitrogens is 1. The molecule has 4 aromatic carbocycles. The zero-order valence-electron chi connectivity index (χ0n) is 19.9. The monoisotopic (exact) mass is 471 g/mol. The van der Waals surface area contributed by atoms with Crippen LogP contribution in [-0.4, -0.2) is 28.2 Å². The van der Waals surface area contributed by atoms with E-state index < -0.39 is 6.04 Å². The van der Waals surface area contributed by atoms with Crippen LogP contribution in [0.15, 0.2) is 103 Å². The molecular weight excluding hydrogens is 446 g/mol. The second-order valence-corrected chi connectivity index (χ2v) is 9.16. The molecular formula is C31H25N3O2. The van der Waals surface area contributed by atoms with E-state index in [1.807, 2.05) is 91.9 Å². The maximum Gasteiger partial charge on any atom is 0.255 e. The molecule has 176 valence electrons. The Kier molecular flexibility index (Phi) is 5.38. The molecule has 1 aromatic heterocycles. The van der Waals surface area contributed by atoms with E-state index in [1.165, 1.54) is 0 Å². The average molecular weight is 472 g/mol. The molecule has 0 unspecified atom stereocenters. The van der Waals surface area contributed by atoms with Crippen molar-refractivity contribution in [2.24, 2.45) is 0 Å². The van der Waals surface area contributed by atoms with Crippen LogP contribution < -0.4 is 5.32 Å². The maximum atomic E-state index is 13.7. The Morgan fingerprint density at radius 3 is 2.36 bits per heavy atom. The van der Waals surface area contributed by atoms with Gasteiger partial charge in [0.25, 0.3) is 5.91 Å². The minimum atomic E-state index is -0.399. The van der Waals surface area contributed by atoms with E-state index in [2.05, 4.69) is 28.5 Å². The van der Waals surface area contributed by atoms with Crippen molar-refractivity contribution < 1.29 is 9.59 Å². The van der Waals surface area contributed by atoms with Crippen LogP contribution in [0.1, 0.15) is 33.1 Å². The number of benzene rings is 4. The summed E-state index contributed by atoms with van der Waals surface area (Å²) < 4.78 is 0. The molecule has 6 rings (SSSR count). The highest BCUT2D eigenvalue weighted by atomic mass is 16.2. The molecule has 1 aliphatic heterocycles. The van der Waals surface area contributed by atoms with Gasteiger partial charge in [-0.05, 0) is 42.3 Å². The number of fused-ring (bicyclic) bond motifs is 2. The largest absolute Gasteiger partial charge is 0.354 e. The number of nitrogens with one attached hydrogen (secondary N) is 2. The number of nitrogens with zero attached hydrogens (tertiary/aromatic N) is 1. The van der Waals surface area contributed by atoms with E-state index in [9.17, 15) is 9.59 Å². The van der Waals surface area contributed by atoms with E-state index in [0.29, 0.717) is 11.3 Å². The first-order valence-electron chi connectivity index (χ1n) is 12.0. The summed E-state index contributed by atoms with van der Waals surface area (Å²) >= 11 is 0. The van der Waals surface area contributed by atoms with Gasteiger partial charge in [-0.25, -0.2) is 0 Å². The fraction of sp³-hybridized carbons (Fsp3) is 0.0968.